The minimum Gasteiger partial charge on any atom is -0.392 e. The summed E-state index contributed by atoms with van der Waals surface area (Å²) >= 11 is 0. The molecule has 0 saturated carbocycles. The molecule has 2 aromatic rings. The normalized spacial score (nSPS) is 13.1. The Kier molecular flexibility index (Phi) is 6.10. The van der Waals surface area contributed by atoms with Crippen LogP contribution in [0.4, 0.5) is 0 Å². The minimum atomic E-state index is -0.474. The Hall–Kier alpha value is -2.42. The van der Waals surface area contributed by atoms with Gasteiger partial charge in [-0.2, -0.15) is 0 Å². The molecule has 0 aliphatic rings. The lowest BCUT2D eigenvalue weighted by Crippen LogP contribution is -2.23. The van der Waals surface area contributed by atoms with Gasteiger partial charge in [0.15, 0.2) is 0 Å². The standard InChI is InChI=1S/C20H22O3/c1-3-17(15-11-7-5-8-12-15)19(21)23-20(22)18(4-2)16-13-9-6-10-14-16/h5-14,17-18H,3-4H2,1-2H3/t17-,18-/m0/s1. The van der Waals surface area contributed by atoms with E-state index in [1.54, 1.807) is 0 Å². The Bertz CT molecular complexity index is 577. The Morgan fingerprint density at radius 1 is 0.739 bits per heavy atom. The van der Waals surface area contributed by atoms with Gasteiger partial charge in [-0.3, -0.25) is 9.59 Å². The molecule has 3 nitrogen and oxygen atoms in total. The first-order chi connectivity index (χ1) is 11.2. The Morgan fingerprint density at radius 3 is 1.39 bits per heavy atom. The van der Waals surface area contributed by atoms with Crippen LogP contribution in [0.1, 0.15) is 49.7 Å². The van der Waals surface area contributed by atoms with Gasteiger partial charge in [0.25, 0.3) is 0 Å². The fourth-order valence-electron chi connectivity index (χ4n) is 2.69. The fraction of sp³-hybridized carbons (Fsp3) is 0.300. The summed E-state index contributed by atoms with van der Waals surface area (Å²) in [5, 5.41) is 0. The summed E-state index contributed by atoms with van der Waals surface area (Å²) in [6, 6.07) is 18.9. The molecule has 0 saturated heterocycles. The van der Waals surface area contributed by atoms with Crippen LogP contribution in [-0.2, 0) is 14.3 Å². The van der Waals surface area contributed by atoms with E-state index in [1.807, 2.05) is 74.5 Å². The van der Waals surface area contributed by atoms with Gasteiger partial charge in [-0.1, -0.05) is 74.5 Å². The van der Waals surface area contributed by atoms with Crippen molar-refractivity contribution in [3.63, 3.8) is 0 Å². The van der Waals surface area contributed by atoms with Crippen LogP contribution in [0.2, 0.25) is 0 Å². The molecule has 0 fully saturated rings. The highest BCUT2D eigenvalue weighted by atomic mass is 16.6. The largest absolute Gasteiger partial charge is 0.392 e. The van der Waals surface area contributed by atoms with Crippen LogP contribution in [0.3, 0.4) is 0 Å². The maximum atomic E-state index is 12.4. The lowest BCUT2D eigenvalue weighted by molar-refractivity contribution is -0.162. The highest BCUT2D eigenvalue weighted by Gasteiger charge is 2.27. The minimum absolute atomic E-state index is 0.409. The first-order valence-electron chi connectivity index (χ1n) is 8.02. The number of carbonyl (C=O) groups excluding carboxylic acids is 2. The summed E-state index contributed by atoms with van der Waals surface area (Å²) in [5.74, 6) is -1.77. The number of ether oxygens (including phenoxy) is 1. The maximum Gasteiger partial charge on any atom is 0.321 e. The Labute approximate surface area is 137 Å². The molecule has 2 atom stereocenters. The molecule has 0 amide bonds. The van der Waals surface area contributed by atoms with Gasteiger partial charge >= 0.3 is 11.9 Å². The third-order valence-corrected chi connectivity index (χ3v) is 3.99. The fourth-order valence-corrected chi connectivity index (χ4v) is 2.69. The zero-order valence-electron chi connectivity index (χ0n) is 13.6. The molecule has 0 spiro atoms. The molecule has 3 heteroatoms. The van der Waals surface area contributed by atoms with E-state index in [0.717, 1.165) is 11.1 Å². The number of esters is 2. The average Bonchev–Trinajstić information content (AvgIpc) is 2.58. The summed E-state index contributed by atoms with van der Waals surface area (Å²) < 4.78 is 5.19. The first-order valence-corrected chi connectivity index (χ1v) is 8.02. The van der Waals surface area contributed by atoms with Crippen molar-refractivity contribution in [3.05, 3.63) is 71.8 Å². The van der Waals surface area contributed by atoms with Crippen molar-refractivity contribution in [2.24, 2.45) is 0 Å². The van der Waals surface area contributed by atoms with E-state index in [9.17, 15) is 9.59 Å². The summed E-state index contributed by atoms with van der Waals surface area (Å²) in [5.41, 5.74) is 1.75. The molecule has 2 aromatic carbocycles. The molecule has 0 aromatic heterocycles. The average molecular weight is 310 g/mol. The van der Waals surface area contributed by atoms with Gasteiger partial charge in [0.05, 0.1) is 11.8 Å². The zero-order chi connectivity index (χ0) is 16.7. The molecule has 0 aliphatic heterocycles. The van der Waals surface area contributed by atoms with E-state index in [0.29, 0.717) is 12.8 Å². The van der Waals surface area contributed by atoms with Crippen LogP contribution in [0.5, 0.6) is 0 Å². The van der Waals surface area contributed by atoms with E-state index < -0.39 is 23.8 Å². The van der Waals surface area contributed by atoms with Crippen molar-refractivity contribution >= 4 is 11.9 Å². The quantitative estimate of drug-likeness (QED) is 0.585. The van der Waals surface area contributed by atoms with Gasteiger partial charge in [-0.15, -0.1) is 0 Å². The maximum absolute atomic E-state index is 12.4. The van der Waals surface area contributed by atoms with Crippen molar-refractivity contribution in [1.82, 2.24) is 0 Å². The zero-order valence-corrected chi connectivity index (χ0v) is 13.6. The van der Waals surface area contributed by atoms with Crippen molar-refractivity contribution in [2.45, 2.75) is 38.5 Å². The lowest BCUT2D eigenvalue weighted by Gasteiger charge is -2.17. The molecule has 0 aliphatic carbocycles. The van der Waals surface area contributed by atoms with Gasteiger partial charge in [0.1, 0.15) is 0 Å². The number of hydrogen-bond acceptors (Lipinski definition) is 3. The molecule has 0 radical (unpaired) electrons. The van der Waals surface area contributed by atoms with Crippen molar-refractivity contribution < 1.29 is 14.3 Å². The molecular weight excluding hydrogens is 288 g/mol. The first kappa shape index (κ1) is 16.9. The topological polar surface area (TPSA) is 43.4 Å². The number of rotatable bonds is 6. The molecule has 0 N–H and O–H groups in total. The summed E-state index contributed by atoms with van der Waals surface area (Å²) in [7, 11) is 0. The Balaban J connectivity index is 2.10. The van der Waals surface area contributed by atoms with E-state index in [1.165, 1.54) is 0 Å². The van der Waals surface area contributed by atoms with Crippen LogP contribution in [0.25, 0.3) is 0 Å². The van der Waals surface area contributed by atoms with Gasteiger partial charge in [0.2, 0.25) is 0 Å². The second kappa shape index (κ2) is 8.28. The second-order valence-corrected chi connectivity index (χ2v) is 5.48. The van der Waals surface area contributed by atoms with Crippen molar-refractivity contribution in [3.8, 4) is 0 Å². The van der Waals surface area contributed by atoms with Gasteiger partial charge in [-0.05, 0) is 24.0 Å². The molecule has 0 unspecified atom stereocenters. The van der Waals surface area contributed by atoms with Crippen LogP contribution in [0, 0.1) is 0 Å². The Morgan fingerprint density at radius 2 is 1.09 bits per heavy atom. The number of benzene rings is 2. The summed E-state index contributed by atoms with van der Waals surface area (Å²) in [6.45, 7) is 3.83. The van der Waals surface area contributed by atoms with E-state index in [2.05, 4.69) is 0 Å². The molecule has 23 heavy (non-hydrogen) atoms. The predicted molar refractivity (Wildman–Crippen MR) is 90.0 cm³/mol. The van der Waals surface area contributed by atoms with Gasteiger partial charge < -0.3 is 4.74 Å². The van der Waals surface area contributed by atoms with E-state index >= 15 is 0 Å². The lowest BCUT2D eigenvalue weighted by atomic mass is 9.95. The SMILES string of the molecule is CC[C@H](C(=O)OC(=O)[C@@H](CC)c1ccccc1)c1ccccc1. The van der Waals surface area contributed by atoms with Gasteiger partial charge in [-0.25, -0.2) is 0 Å². The monoisotopic (exact) mass is 310 g/mol. The third-order valence-electron chi connectivity index (χ3n) is 3.99. The summed E-state index contributed by atoms with van der Waals surface area (Å²) in [6.07, 6.45) is 1.19. The van der Waals surface area contributed by atoms with Crippen LogP contribution < -0.4 is 0 Å². The molecule has 0 bridgehead atoms. The third kappa shape index (κ3) is 4.28. The molecule has 120 valence electrons. The highest BCUT2D eigenvalue weighted by molar-refractivity contribution is 5.92. The van der Waals surface area contributed by atoms with Crippen molar-refractivity contribution in [2.75, 3.05) is 0 Å². The molecule has 0 heterocycles. The highest BCUT2D eigenvalue weighted by Crippen LogP contribution is 2.25. The van der Waals surface area contributed by atoms with E-state index in [4.69, 9.17) is 4.74 Å². The number of carbonyl (C=O) groups is 2. The van der Waals surface area contributed by atoms with Gasteiger partial charge in [0, 0.05) is 0 Å². The van der Waals surface area contributed by atoms with Crippen LogP contribution >= 0.6 is 0 Å². The molecular formula is C20H22O3. The number of hydrogen-bond donors (Lipinski definition) is 0. The van der Waals surface area contributed by atoms with Crippen molar-refractivity contribution in [1.29, 1.82) is 0 Å². The second-order valence-electron chi connectivity index (χ2n) is 5.48. The van der Waals surface area contributed by atoms with Crippen LogP contribution in [0.15, 0.2) is 60.7 Å². The molecule has 2 rings (SSSR count). The summed E-state index contributed by atoms with van der Waals surface area (Å²) in [4.78, 5) is 24.8. The van der Waals surface area contributed by atoms with Crippen LogP contribution in [-0.4, -0.2) is 11.9 Å². The van der Waals surface area contributed by atoms with E-state index in [-0.39, 0.29) is 0 Å². The predicted octanol–water partition coefficient (Wildman–Crippen LogP) is 4.44. The smallest absolute Gasteiger partial charge is 0.321 e.